The minimum atomic E-state index is -1.46. The minimum Gasteiger partial charge on any atom is -0.289 e. The number of carbonyl (C=O) groups excluding carboxylic acids is 1. The van der Waals surface area contributed by atoms with Gasteiger partial charge in [-0.15, -0.1) is 5.54 Å². The number of ketones is 1. The summed E-state index contributed by atoms with van der Waals surface area (Å²) in [6.45, 7) is 17.3. The Morgan fingerprint density at radius 1 is 0.893 bits per heavy atom. The topological polar surface area (TPSA) is 17.1 Å². The molecule has 2 aromatic rings. The molecule has 28 heavy (non-hydrogen) atoms. The van der Waals surface area contributed by atoms with Crippen LogP contribution in [0.15, 0.2) is 33.2 Å². The SMILES string of the molecule is Cc1cc(C(C)(C)C)cc(C)c1C(=O)c1c(Br)cc(C#C[Si](C)(C)C)cc1Br. The van der Waals surface area contributed by atoms with Crippen molar-refractivity contribution in [2.75, 3.05) is 0 Å². The quantitative estimate of drug-likeness (QED) is 0.227. The van der Waals surface area contributed by atoms with Crippen LogP contribution < -0.4 is 0 Å². The maximum atomic E-state index is 13.4. The molecule has 0 aromatic heterocycles. The van der Waals surface area contributed by atoms with E-state index in [-0.39, 0.29) is 11.2 Å². The molecular weight excluding hydrogens is 492 g/mol. The van der Waals surface area contributed by atoms with Crippen molar-refractivity contribution in [3.05, 3.63) is 66.6 Å². The van der Waals surface area contributed by atoms with E-state index in [4.69, 9.17) is 0 Å². The number of rotatable bonds is 2. The van der Waals surface area contributed by atoms with E-state index in [1.807, 2.05) is 26.0 Å². The molecule has 2 aromatic carbocycles. The van der Waals surface area contributed by atoms with E-state index in [2.05, 4.69) is 95.9 Å². The van der Waals surface area contributed by atoms with Gasteiger partial charge in [-0.1, -0.05) is 58.5 Å². The first-order valence-electron chi connectivity index (χ1n) is 9.39. The summed E-state index contributed by atoms with van der Waals surface area (Å²) in [6, 6.07) is 8.16. The first-order chi connectivity index (χ1) is 12.7. The van der Waals surface area contributed by atoms with Crippen LogP contribution in [0.25, 0.3) is 0 Å². The second-order valence-corrected chi connectivity index (χ2v) is 15.8. The smallest absolute Gasteiger partial charge is 0.195 e. The van der Waals surface area contributed by atoms with Gasteiger partial charge < -0.3 is 0 Å². The van der Waals surface area contributed by atoms with E-state index in [1.54, 1.807) is 0 Å². The molecule has 0 aliphatic carbocycles. The van der Waals surface area contributed by atoms with Crippen molar-refractivity contribution in [2.24, 2.45) is 0 Å². The van der Waals surface area contributed by atoms with Gasteiger partial charge in [-0.2, -0.15) is 0 Å². The highest BCUT2D eigenvalue weighted by atomic mass is 79.9. The third kappa shape index (κ3) is 5.47. The average Bonchev–Trinajstić information content (AvgIpc) is 2.50. The summed E-state index contributed by atoms with van der Waals surface area (Å²) in [6.07, 6.45) is 0. The minimum absolute atomic E-state index is 0.0268. The number of benzene rings is 2. The van der Waals surface area contributed by atoms with Gasteiger partial charge in [-0.3, -0.25) is 4.79 Å². The molecule has 0 amide bonds. The Morgan fingerprint density at radius 2 is 1.36 bits per heavy atom. The van der Waals surface area contributed by atoms with Crippen LogP contribution in [0.2, 0.25) is 19.6 Å². The van der Waals surface area contributed by atoms with Gasteiger partial charge in [0.05, 0.1) is 5.56 Å². The molecule has 0 spiro atoms. The van der Waals surface area contributed by atoms with Crippen LogP contribution in [0.1, 0.15) is 58.9 Å². The van der Waals surface area contributed by atoms with E-state index in [9.17, 15) is 4.79 Å². The lowest BCUT2D eigenvalue weighted by molar-refractivity contribution is 0.103. The summed E-state index contributed by atoms with van der Waals surface area (Å²) in [5.74, 6) is 3.29. The molecule has 0 aliphatic rings. The zero-order valence-corrected chi connectivity index (χ0v) is 22.1. The Hall–Kier alpha value is -1.15. The highest BCUT2D eigenvalue weighted by Gasteiger charge is 2.23. The summed E-state index contributed by atoms with van der Waals surface area (Å²) < 4.78 is 1.54. The van der Waals surface area contributed by atoms with Gasteiger partial charge in [0, 0.05) is 20.1 Å². The molecule has 0 heterocycles. The molecular formula is C24H28Br2OSi. The van der Waals surface area contributed by atoms with E-state index >= 15 is 0 Å². The molecule has 0 aliphatic heterocycles. The fourth-order valence-corrected chi connectivity index (χ4v) is 5.07. The standard InChI is InChI=1S/C24H28Br2OSi/c1-15-11-18(24(3,4)5)12-16(2)21(15)23(27)22-19(25)13-17(14-20(22)26)9-10-28(6,7)8/h11-14H,1-8H3. The Balaban J connectivity index is 2.55. The number of halogens is 2. The first kappa shape index (κ1) is 23.1. The van der Waals surface area contributed by atoms with Crippen molar-refractivity contribution < 1.29 is 4.79 Å². The van der Waals surface area contributed by atoms with Crippen LogP contribution in [0.4, 0.5) is 0 Å². The van der Waals surface area contributed by atoms with Crippen LogP contribution >= 0.6 is 31.9 Å². The highest BCUT2D eigenvalue weighted by Crippen LogP contribution is 2.33. The molecule has 0 N–H and O–H groups in total. The van der Waals surface area contributed by atoms with Crippen LogP contribution in [-0.4, -0.2) is 13.9 Å². The molecule has 2 rings (SSSR count). The Kier molecular flexibility index (Phi) is 6.86. The van der Waals surface area contributed by atoms with Gasteiger partial charge >= 0.3 is 0 Å². The molecule has 0 bridgehead atoms. The van der Waals surface area contributed by atoms with Gasteiger partial charge in [-0.05, 0) is 79.9 Å². The predicted molar refractivity (Wildman–Crippen MR) is 130 cm³/mol. The molecule has 0 radical (unpaired) electrons. The fourth-order valence-electron chi connectivity index (χ4n) is 3.00. The van der Waals surface area contributed by atoms with Crippen LogP contribution in [0, 0.1) is 25.3 Å². The first-order valence-corrected chi connectivity index (χ1v) is 14.5. The van der Waals surface area contributed by atoms with Gasteiger partial charge in [0.15, 0.2) is 5.78 Å². The van der Waals surface area contributed by atoms with Gasteiger partial charge in [0.25, 0.3) is 0 Å². The zero-order valence-electron chi connectivity index (χ0n) is 18.0. The van der Waals surface area contributed by atoms with Crippen LogP contribution in [0.5, 0.6) is 0 Å². The van der Waals surface area contributed by atoms with Crippen molar-refractivity contribution in [2.45, 2.75) is 59.7 Å². The maximum absolute atomic E-state index is 13.4. The monoisotopic (exact) mass is 518 g/mol. The molecule has 0 fully saturated rings. The van der Waals surface area contributed by atoms with Crippen LogP contribution in [0.3, 0.4) is 0 Å². The van der Waals surface area contributed by atoms with E-state index in [1.165, 1.54) is 5.56 Å². The molecule has 0 saturated carbocycles. The van der Waals surface area contributed by atoms with Gasteiger partial charge in [0.1, 0.15) is 8.07 Å². The number of aryl methyl sites for hydroxylation is 2. The van der Waals surface area contributed by atoms with Crippen molar-refractivity contribution in [3.63, 3.8) is 0 Å². The fraction of sp³-hybridized carbons (Fsp3) is 0.375. The van der Waals surface area contributed by atoms with Crippen molar-refractivity contribution in [1.29, 1.82) is 0 Å². The summed E-state index contributed by atoms with van der Waals surface area (Å²) >= 11 is 7.21. The maximum Gasteiger partial charge on any atom is 0.195 e. The van der Waals surface area contributed by atoms with Crippen molar-refractivity contribution in [1.82, 2.24) is 0 Å². The third-order valence-electron chi connectivity index (χ3n) is 4.48. The van der Waals surface area contributed by atoms with Crippen LogP contribution in [-0.2, 0) is 5.41 Å². The summed E-state index contributed by atoms with van der Waals surface area (Å²) in [4.78, 5) is 13.4. The average molecular weight is 520 g/mol. The highest BCUT2D eigenvalue weighted by molar-refractivity contribution is 9.11. The summed E-state index contributed by atoms with van der Waals surface area (Å²) in [5.41, 5.74) is 9.02. The normalized spacial score (nSPS) is 11.8. The summed E-state index contributed by atoms with van der Waals surface area (Å²) in [7, 11) is -1.46. The third-order valence-corrected chi connectivity index (χ3v) is 6.60. The zero-order chi connectivity index (χ0) is 21.4. The Morgan fingerprint density at radius 3 is 1.75 bits per heavy atom. The largest absolute Gasteiger partial charge is 0.289 e. The molecule has 0 unspecified atom stereocenters. The van der Waals surface area contributed by atoms with Crippen molar-refractivity contribution >= 4 is 45.7 Å². The number of hydrogen-bond acceptors (Lipinski definition) is 1. The Bertz CT molecular complexity index is 950. The molecule has 148 valence electrons. The molecule has 0 saturated heterocycles. The van der Waals surface area contributed by atoms with E-state index in [0.717, 1.165) is 31.2 Å². The lowest BCUT2D eigenvalue weighted by atomic mass is 9.82. The second kappa shape index (κ2) is 8.30. The van der Waals surface area contributed by atoms with E-state index < -0.39 is 8.07 Å². The second-order valence-electron chi connectivity index (χ2n) is 9.38. The molecule has 1 nitrogen and oxygen atoms in total. The van der Waals surface area contributed by atoms with Gasteiger partial charge in [0.2, 0.25) is 0 Å². The molecule has 0 atom stereocenters. The number of hydrogen-bond donors (Lipinski definition) is 0. The number of carbonyl (C=O) groups is 1. The van der Waals surface area contributed by atoms with Gasteiger partial charge in [-0.25, -0.2) is 0 Å². The lowest BCUT2D eigenvalue weighted by Gasteiger charge is -2.22. The predicted octanol–water partition coefficient (Wildman–Crippen LogP) is 7.59. The lowest BCUT2D eigenvalue weighted by Crippen LogP contribution is -2.16. The van der Waals surface area contributed by atoms with E-state index in [0.29, 0.717) is 5.56 Å². The molecule has 4 heteroatoms. The van der Waals surface area contributed by atoms with Crippen molar-refractivity contribution in [3.8, 4) is 11.5 Å². The Labute approximate surface area is 187 Å². The summed E-state index contributed by atoms with van der Waals surface area (Å²) in [5, 5.41) is 0.